The zero-order chi connectivity index (χ0) is 13.9. The summed E-state index contributed by atoms with van der Waals surface area (Å²) in [6.45, 7) is 5.43. The first kappa shape index (κ1) is 14.5. The molecular formula is C12H20N2O4. The van der Waals surface area contributed by atoms with Gasteiger partial charge in [0.2, 0.25) is 11.8 Å². The fourth-order valence-corrected chi connectivity index (χ4v) is 1.61. The van der Waals surface area contributed by atoms with E-state index in [1.807, 2.05) is 13.8 Å². The molecule has 4 atom stereocenters. The Labute approximate surface area is 106 Å². The Balaban J connectivity index is 2.36. The van der Waals surface area contributed by atoms with Crippen LogP contribution in [0.5, 0.6) is 0 Å². The number of amides is 2. The molecule has 6 heteroatoms. The predicted octanol–water partition coefficient (Wildman–Crippen LogP) is 0.127. The van der Waals surface area contributed by atoms with Crippen molar-refractivity contribution in [3.05, 3.63) is 0 Å². The Kier molecular flexibility index (Phi) is 4.69. The number of aliphatic carboxylic acids is 1. The Morgan fingerprint density at radius 2 is 1.83 bits per heavy atom. The van der Waals surface area contributed by atoms with E-state index in [1.54, 1.807) is 6.92 Å². The summed E-state index contributed by atoms with van der Waals surface area (Å²) in [7, 11) is 0. The molecule has 0 bridgehead atoms. The lowest BCUT2D eigenvalue weighted by Gasteiger charge is -2.17. The highest BCUT2D eigenvalue weighted by Gasteiger charge is 2.48. The van der Waals surface area contributed by atoms with Gasteiger partial charge in [0.25, 0.3) is 0 Å². The fraction of sp³-hybridized carbons (Fsp3) is 0.750. The van der Waals surface area contributed by atoms with Gasteiger partial charge in [0.1, 0.15) is 6.04 Å². The maximum atomic E-state index is 11.7. The molecule has 0 radical (unpaired) electrons. The Bertz CT molecular complexity index is 356. The molecule has 6 nitrogen and oxygen atoms in total. The normalized spacial score (nSPS) is 24.8. The monoisotopic (exact) mass is 256 g/mol. The van der Waals surface area contributed by atoms with Gasteiger partial charge >= 0.3 is 5.97 Å². The minimum absolute atomic E-state index is 0.0598. The Morgan fingerprint density at radius 1 is 1.22 bits per heavy atom. The van der Waals surface area contributed by atoms with E-state index < -0.39 is 23.8 Å². The quantitative estimate of drug-likeness (QED) is 0.629. The van der Waals surface area contributed by atoms with E-state index in [1.165, 1.54) is 0 Å². The third-order valence-electron chi connectivity index (χ3n) is 3.20. The van der Waals surface area contributed by atoms with Crippen molar-refractivity contribution in [1.29, 1.82) is 0 Å². The van der Waals surface area contributed by atoms with E-state index in [-0.39, 0.29) is 17.9 Å². The lowest BCUT2D eigenvalue weighted by molar-refractivity contribution is -0.140. The van der Waals surface area contributed by atoms with Crippen molar-refractivity contribution in [3.8, 4) is 0 Å². The first-order chi connectivity index (χ1) is 8.36. The average Bonchev–Trinajstić information content (AvgIpc) is 3.08. The molecule has 4 unspecified atom stereocenters. The van der Waals surface area contributed by atoms with Gasteiger partial charge in [-0.15, -0.1) is 0 Å². The fourth-order valence-electron chi connectivity index (χ4n) is 1.61. The molecule has 1 aliphatic carbocycles. The average molecular weight is 256 g/mol. The topological polar surface area (TPSA) is 95.5 Å². The maximum Gasteiger partial charge on any atom is 0.307 e. The van der Waals surface area contributed by atoms with Crippen molar-refractivity contribution in [2.75, 3.05) is 0 Å². The summed E-state index contributed by atoms with van der Waals surface area (Å²) < 4.78 is 0. The number of rotatable bonds is 6. The molecule has 1 fully saturated rings. The molecule has 2 amide bonds. The van der Waals surface area contributed by atoms with Gasteiger partial charge in [-0.3, -0.25) is 14.4 Å². The van der Waals surface area contributed by atoms with Gasteiger partial charge in [-0.1, -0.05) is 6.92 Å². The Morgan fingerprint density at radius 3 is 2.28 bits per heavy atom. The lowest BCUT2D eigenvalue weighted by atomic mass is 10.2. The van der Waals surface area contributed by atoms with Gasteiger partial charge in [0.15, 0.2) is 0 Å². The molecule has 1 saturated carbocycles. The van der Waals surface area contributed by atoms with E-state index in [2.05, 4.69) is 10.6 Å². The van der Waals surface area contributed by atoms with Crippen LogP contribution >= 0.6 is 0 Å². The number of carbonyl (C=O) groups is 3. The summed E-state index contributed by atoms with van der Waals surface area (Å²) in [6.07, 6.45) is 1.18. The smallest absolute Gasteiger partial charge is 0.307 e. The number of carboxylic acid groups (broad SMARTS) is 1. The second-order valence-corrected chi connectivity index (χ2v) is 4.84. The van der Waals surface area contributed by atoms with E-state index >= 15 is 0 Å². The highest BCUT2D eigenvalue weighted by molar-refractivity contribution is 5.93. The maximum absolute atomic E-state index is 11.7. The molecule has 0 heterocycles. The summed E-state index contributed by atoms with van der Waals surface area (Å²) in [5.74, 6) is -2.62. The van der Waals surface area contributed by atoms with Crippen LogP contribution in [0.2, 0.25) is 0 Å². The number of carboxylic acids is 1. The number of hydrogen-bond acceptors (Lipinski definition) is 3. The number of nitrogens with one attached hydrogen (secondary N) is 2. The van der Waals surface area contributed by atoms with Gasteiger partial charge in [-0.25, -0.2) is 0 Å². The van der Waals surface area contributed by atoms with Crippen LogP contribution in [0.4, 0.5) is 0 Å². The van der Waals surface area contributed by atoms with Gasteiger partial charge < -0.3 is 15.7 Å². The highest BCUT2D eigenvalue weighted by Crippen LogP contribution is 2.38. The van der Waals surface area contributed by atoms with Crippen LogP contribution in [-0.4, -0.2) is 35.0 Å². The second-order valence-electron chi connectivity index (χ2n) is 4.84. The molecule has 1 aliphatic rings. The van der Waals surface area contributed by atoms with E-state index in [4.69, 9.17) is 5.11 Å². The van der Waals surface area contributed by atoms with Crippen LogP contribution in [0.15, 0.2) is 0 Å². The van der Waals surface area contributed by atoms with Crippen LogP contribution in [0.3, 0.4) is 0 Å². The van der Waals surface area contributed by atoms with Crippen molar-refractivity contribution in [2.45, 2.75) is 45.7 Å². The summed E-state index contributed by atoms with van der Waals surface area (Å²) >= 11 is 0. The zero-order valence-corrected chi connectivity index (χ0v) is 10.9. The minimum atomic E-state index is -0.952. The van der Waals surface area contributed by atoms with Crippen molar-refractivity contribution in [1.82, 2.24) is 10.6 Å². The third kappa shape index (κ3) is 3.72. The van der Waals surface area contributed by atoms with Gasteiger partial charge in [-0.2, -0.15) is 0 Å². The van der Waals surface area contributed by atoms with E-state index in [0.29, 0.717) is 6.42 Å². The van der Waals surface area contributed by atoms with Gasteiger partial charge in [0, 0.05) is 6.04 Å². The molecule has 0 spiro atoms. The summed E-state index contributed by atoms with van der Waals surface area (Å²) in [4.78, 5) is 33.9. The number of carbonyl (C=O) groups excluding carboxylic acids is 2. The van der Waals surface area contributed by atoms with Crippen molar-refractivity contribution in [3.63, 3.8) is 0 Å². The predicted molar refractivity (Wildman–Crippen MR) is 64.7 cm³/mol. The first-order valence-corrected chi connectivity index (χ1v) is 6.20. The lowest BCUT2D eigenvalue weighted by Crippen LogP contribution is -2.47. The Hall–Kier alpha value is -1.59. The molecular weight excluding hydrogens is 236 g/mol. The second kappa shape index (κ2) is 5.84. The minimum Gasteiger partial charge on any atom is -0.481 e. The van der Waals surface area contributed by atoms with E-state index in [0.717, 1.165) is 6.42 Å². The molecule has 18 heavy (non-hydrogen) atoms. The molecule has 102 valence electrons. The van der Waals surface area contributed by atoms with Crippen molar-refractivity contribution < 1.29 is 19.5 Å². The molecule has 0 aliphatic heterocycles. The molecule has 0 aromatic carbocycles. The molecule has 3 N–H and O–H groups in total. The highest BCUT2D eigenvalue weighted by atomic mass is 16.4. The molecule has 1 rings (SSSR count). The zero-order valence-electron chi connectivity index (χ0n) is 10.9. The van der Waals surface area contributed by atoms with Crippen LogP contribution in [0, 0.1) is 11.8 Å². The molecule has 0 aromatic heterocycles. The van der Waals surface area contributed by atoms with Crippen LogP contribution in [0.1, 0.15) is 33.6 Å². The van der Waals surface area contributed by atoms with Crippen LogP contribution in [-0.2, 0) is 14.4 Å². The van der Waals surface area contributed by atoms with Crippen LogP contribution < -0.4 is 10.6 Å². The van der Waals surface area contributed by atoms with Crippen LogP contribution in [0.25, 0.3) is 0 Å². The van der Waals surface area contributed by atoms with E-state index in [9.17, 15) is 14.4 Å². The summed E-state index contributed by atoms with van der Waals surface area (Å²) in [6, 6.07) is -0.578. The SMILES string of the molecule is CCC(C)NC(=O)C(C)NC(=O)C1CC1C(=O)O. The number of hydrogen-bond donors (Lipinski definition) is 3. The van der Waals surface area contributed by atoms with Crippen molar-refractivity contribution in [2.24, 2.45) is 11.8 Å². The van der Waals surface area contributed by atoms with Crippen molar-refractivity contribution >= 4 is 17.8 Å². The third-order valence-corrected chi connectivity index (χ3v) is 3.20. The summed E-state index contributed by atoms with van der Waals surface area (Å²) in [5, 5.41) is 14.0. The summed E-state index contributed by atoms with van der Waals surface area (Å²) in [5.41, 5.74) is 0. The molecule has 0 aromatic rings. The first-order valence-electron chi connectivity index (χ1n) is 6.20. The molecule has 0 saturated heterocycles. The standard InChI is InChI=1S/C12H20N2O4/c1-4-6(2)13-10(15)7(3)14-11(16)8-5-9(8)12(17)18/h6-9H,4-5H2,1-3H3,(H,13,15)(H,14,16)(H,17,18). The van der Waals surface area contributed by atoms with Gasteiger partial charge in [0.05, 0.1) is 11.8 Å². The largest absolute Gasteiger partial charge is 0.481 e. The van der Waals surface area contributed by atoms with Gasteiger partial charge in [-0.05, 0) is 26.7 Å².